The van der Waals surface area contributed by atoms with Gasteiger partial charge in [0.1, 0.15) is 0 Å². The van der Waals surface area contributed by atoms with E-state index in [1.807, 2.05) is 24.3 Å². The van der Waals surface area contributed by atoms with Crippen molar-refractivity contribution in [2.45, 2.75) is 0 Å². The third kappa shape index (κ3) is 1.84. The zero-order valence-electron chi connectivity index (χ0n) is 5.54. The van der Waals surface area contributed by atoms with Crippen molar-refractivity contribution in [1.82, 2.24) is 0 Å². The first-order chi connectivity index (χ1) is 4.97. The molecule has 0 fully saturated rings. The summed E-state index contributed by atoms with van der Waals surface area (Å²) in [6.45, 7) is 0. The van der Waals surface area contributed by atoms with Crippen LogP contribution in [0.3, 0.4) is 0 Å². The van der Waals surface area contributed by atoms with Gasteiger partial charge in [-0.3, -0.25) is 0 Å². The molecule has 0 unspecified atom stereocenters. The first kappa shape index (κ1) is 8.79. The largest absolute Gasteiger partial charge is 0.0616 e. The van der Waals surface area contributed by atoms with Crippen LogP contribution >= 0.6 is 0 Å². The third-order valence-electron chi connectivity index (χ3n) is 1.57. The van der Waals surface area contributed by atoms with E-state index in [-0.39, 0.29) is 29.6 Å². The summed E-state index contributed by atoms with van der Waals surface area (Å²) >= 11 is 0. The minimum Gasteiger partial charge on any atom is -0.0616 e. The van der Waals surface area contributed by atoms with E-state index >= 15 is 0 Å². The van der Waals surface area contributed by atoms with Gasteiger partial charge in [0.2, 0.25) is 0 Å². The van der Waals surface area contributed by atoms with Crippen molar-refractivity contribution in [3.63, 3.8) is 0 Å². The molecule has 49 valence electrons. The summed E-state index contributed by atoms with van der Waals surface area (Å²) in [4.78, 5) is 0. The van der Waals surface area contributed by atoms with Crippen molar-refractivity contribution in [2.24, 2.45) is 0 Å². The van der Waals surface area contributed by atoms with E-state index in [0.717, 1.165) is 0 Å². The SMILES string of the molecule is [NaH].[c]1cccc2ccccc12. The predicted molar refractivity (Wildman–Crippen MR) is 49.9 cm³/mol. The molecule has 0 N–H and O–H groups in total. The second-order valence-electron chi connectivity index (χ2n) is 2.26. The zero-order valence-corrected chi connectivity index (χ0v) is 5.54. The molecule has 0 bridgehead atoms. The molecule has 2 aromatic carbocycles. The molecule has 0 aromatic heterocycles. The van der Waals surface area contributed by atoms with Crippen molar-refractivity contribution < 1.29 is 0 Å². The van der Waals surface area contributed by atoms with E-state index in [4.69, 9.17) is 0 Å². The molecular weight excluding hydrogens is 143 g/mol. The number of hydrogen-bond donors (Lipinski definition) is 0. The fraction of sp³-hybridized carbons (Fsp3) is 0. The van der Waals surface area contributed by atoms with E-state index in [1.165, 1.54) is 10.8 Å². The fourth-order valence-electron chi connectivity index (χ4n) is 1.06. The fourth-order valence-corrected chi connectivity index (χ4v) is 1.06. The van der Waals surface area contributed by atoms with Gasteiger partial charge in [0.15, 0.2) is 0 Å². The van der Waals surface area contributed by atoms with Gasteiger partial charge in [-0.1, -0.05) is 42.5 Å². The van der Waals surface area contributed by atoms with Crippen molar-refractivity contribution in [2.75, 3.05) is 0 Å². The Hall–Kier alpha value is -0.300. The van der Waals surface area contributed by atoms with Crippen LogP contribution in [-0.2, 0) is 0 Å². The molecule has 2 rings (SSSR count). The molecule has 0 saturated carbocycles. The van der Waals surface area contributed by atoms with Crippen molar-refractivity contribution >= 4 is 40.3 Å². The molecule has 0 amide bonds. The maximum atomic E-state index is 3.15. The Morgan fingerprint density at radius 2 is 1.64 bits per heavy atom. The summed E-state index contributed by atoms with van der Waals surface area (Å²) in [5.74, 6) is 0. The predicted octanol–water partition coefficient (Wildman–Crippen LogP) is 1.99. The van der Waals surface area contributed by atoms with Gasteiger partial charge in [-0.25, -0.2) is 0 Å². The van der Waals surface area contributed by atoms with E-state index in [0.29, 0.717) is 0 Å². The first-order valence-electron chi connectivity index (χ1n) is 3.32. The molecule has 1 radical (unpaired) electrons. The monoisotopic (exact) mass is 151 g/mol. The van der Waals surface area contributed by atoms with Gasteiger partial charge in [-0.05, 0) is 16.8 Å². The quantitative estimate of drug-likeness (QED) is 0.505. The standard InChI is InChI=1S/C10H7.Na.H/c1-2-6-10-8-4-3-7-9(10)5-1;;/h1-7H;;. The summed E-state index contributed by atoms with van der Waals surface area (Å²) in [6, 6.07) is 17.4. The van der Waals surface area contributed by atoms with Crippen LogP contribution in [0.5, 0.6) is 0 Å². The van der Waals surface area contributed by atoms with Crippen LogP contribution in [0.1, 0.15) is 0 Å². The smallest absolute Gasteiger partial charge is 0.00992 e. The molecule has 1 heteroatoms. The summed E-state index contributed by atoms with van der Waals surface area (Å²) in [5.41, 5.74) is 0. The van der Waals surface area contributed by atoms with Crippen LogP contribution in [0.25, 0.3) is 10.8 Å². The summed E-state index contributed by atoms with van der Waals surface area (Å²) < 4.78 is 0. The molecule has 0 nitrogen and oxygen atoms in total. The molecule has 0 saturated heterocycles. The number of benzene rings is 2. The van der Waals surface area contributed by atoms with Gasteiger partial charge in [-0.15, -0.1) is 0 Å². The Kier molecular flexibility index (Phi) is 3.13. The molecule has 0 atom stereocenters. The molecule has 2 aromatic rings. The Balaban J connectivity index is 0.000000605. The van der Waals surface area contributed by atoms with Crippen LogP contribution in [0.2, 0.25) is 0 Å². The summed E-state index contributed by atoms with van der Waals surface area (Å²) in [7, 11) is 0. The minimum absolute atomic E-state index is 0. The Morgan fingerprint density at radius 1 is 0.909 bits per heavy atom. The Labute approximate surface area is 88.5 Å². The molecular formula is C10H8Na. The molecule has 0 spiro atoms. The van der Waals surface area contributed by atoms with Crippen molar-refractivity contribution in [3.05, 3.63) is 48.5 Å². The normalized spacial score (nSPS) is 9.09. The van der Waals surface area contributed by atoms with Crippen LogP contribution in [-0.4, -0.2) is 29.6 Å². The van der Waals surface area contributed by atoms with Crippen LogP contribution in [0.4, 0.5) is 0 Å². The third-order valence-corrected chi connectivity index (χ3v) is 1.57. The van der Waals surface area contributed by atoms with Crippen molar-refractivity contribution in [1.29, 1.82) is 0 Å². The zero-order chi connectivity index (χ0) is 6.81. The van der Waals surface area contributed by atoms with Gasteiger partial charge in [0.25, 0.3) is 0 Å². The maximum absolute atomic E-state index is 3.15. The second-order valence-corrected chi connectivity index (χ2v) is 2.26. The van der Waals surface area contributed by atoms with Gasteiger partial charge >= 0.3 is 29.6 Å². The van der Waals surface area contributed by atoms with Gasteiger partial charge in [0, 0.05) is 0 Å². The second kappa shape index (κ2) is 3.91. The molecule has 11 heavy (non-hydrogen) atoms. The van der Waals surface area contributed by atoms with E-state index in [9.17, 15) is 0 Å². The van der Waals surface area contributed by atoms with Gasteiger partial charge < -0.3 is 0 Å². The number of fused-ring (bicyclic) bond motifs is 1. The minimum atomic E-state index is 0. The maximum Gasteiger partial charge on any atom is -0.00992 e. The average Bonchev–Trinajstić information content (AvgIpc) is 2.05. The van der Waals surface area contributed by atoms with Gasteiger partial charge in [-0.2, -0.15) is 0 Å². The topological polar surface area (TPSA) is 0 Å². The van der Waals surface area contributed by atoms with Gasteiger partial charge in [0.05, 0.1) is 0 Å². The Morgan fingerprint density at radius 3 is 2.45 bits per heavy atom. The van der Waals surface area contributed by atoms with E-state index < -0.39 is 0 Å². The first-order valence-corrected chi connectivity index (χ1v) is 3.32. The van der Waals surface area contributed by atoms with Crippen molar-refractivity contribution in [3.8, 4) is 0 Å². The molecule has 0 aliphatic heterocycles. The summed E-state index contributed by atoms with van der Waals surface area (Å²) in [6.07, 6.45) is 0. The van der Waals surface area contributed by atoms with Crippen LogP contribution < -0.4 is 0 Å². The average molecular weight is 151 g/mol. The number of rotatable bonds is 0. The number of hydrogen-bond acceptors (Lipinski definition) is 0. The van der Waals surface area contributed by atoms with E-state index in [1.54, 1.807) is 0 Å². The Bertz CT molecular complexity index is 276. The van der Waals surface area contributed by atoms with Crippen LogP contribution in [0.15, 0.2) is 42.5 Å². The molecule has 0 heterocycles. The molecule has 0 aliphatic carbocycles. The molecule has 0 aliphatic rings. The van der Waals surface area contributed by atoms with E-state index in [2.05, 4.69) is 24.3 Å². The summed E-state index contributed by atoms with van der Waals surface area (Å²) in [5, 5.41) is 2.44. The van der Waals surface area contributed by atoms with Crippen LogP contribution in [0, 0.1) is 6.07 Å².